The molecule has 0 saturated heterocycles. The van der Waals surface area contributed by atoms with Gasteiger partial charge in [-0.1, -0.05) is 12.2 Å². The molecule has 2 rings (SSSR count). The van der Waals surface area contributed by atoms with Gasteiger partial charge in [0.2, 0.25) is 0 Å². The van der Waals surface area contributed by atoms with Crippen molar-refractivity contribution in [2.45, 2.75) is 38.7 Å². The Morgan fingerprint density at radius 1 is 1.39 bits per heavy atom. The van der Waals surface area contributed by atoms with Crippen molar-refractivity contribution in [3.8, 4) is 0 Å². The van der Waals surface area contributed by atoms with E-state index < -0.39 is 7.60 Å². The Hall–Kier alpha value is -0.410. The van der Waals surface area contributed by atoms with Crippen molar-refractivity contribution in [2.75, 3.05) is 19.8 Å². The normalized spacial score (nSPS) is 27.8. The summed E-state index contributed by atoms with van der Waals surface area (Å²) in [5.41, 5.74) is -0.378. The van der Waals surface area contributed by atoms with E-state index in [1.807, 2.05) is 19.9 Å². The van der Waals surface area contributed by atoms with Crippen molar-refractivity contribution < 1.29 is 18.3 Å². The van der Waals surface area contributed by atoms with Crippen LogP contribution in [0, 0.1) is 0 Å². The molecule has 0 bridgehead atoms. The van der Waals surface area contributed by atoms with E-state index in [1.165, 1.54) is 0 Å². The van der Waals surface area contributed by atoms with Crippen molar-refractivity contribution in [2.24, 2.45) is 0 Å². The summed E-state index contributed by atoms with van der Waals surface area (Å²) < 4.78 is 29.1. The van der Waals surface area contributed by atoms with Crippen molar-refractivity contribution in [3.63, 3.8) is 0 Å². The lowest BCUT2D eigenvalue weighted by Crippen LogP contribution is -2.25. The van der Waals surface area contributed by atoms with Gasteiger partial charge in [0.15, 0.2) is 0 Å². The van der Waals surface area contributed by atoms with Crippen LogP contribution in [-0.4, -0.2) is 25.4 Å². The van der Waals surface area contributed by atoms with Crippen molar-refractivity contribution >= 4 is 7.60 Å². The average Bonchev–Trinajstić information content (AvgIpc) is 2.75. The first-order chi connectivity index (χ1) is 8.64. The summed E-state index contributed by atoms with van der Waals surface area (Å²) in [6, 6.07) is 0. The zero-order valence-electron chi connectivity index (χ0n) is 11.1. The lowest BCUT2D eigenvalue weighted by Gasteiger charge is -2.25. The minimum absolute atomic E-state index is 0.335. The number of allylic oxidation sites excluding steroid dienone is 1. The van der Waals surface area contributed by atoms with Crippen molar-refractivity contribution in [1.82, 2.24) is 0 Å². The van der Waals surface area contributed by atoms with Crippen LogP contribution in [0.5, 0.6) is 0 Å². The van der Waals surface area contributed by atoms with Crippen LogP contribution >= 0.6 is 7.60 Å². The molecule has 1 spiro atoms. The molecule has 102 valence electrons. The van der Waals surface area contributed by atoms with Gasteiger partial charge in [-0.25, -0.2) is 0 Å². The number of hydrogen-bond acceptors (Lipinski definition) is 4. The molecule has 5 heteroatoms. The van der Waals surface area contributed by atoms with Gasteiger partial charge in [-0.2, -0.15) is 0 Å². The Morgan fingerprint density at radius 2 is 2.11 bits per heavy atom. The molecule has 0 fully saturated rings. The summed E-state index contributed by atoms with van der Waals surface area (Å²) >= 11 is 0. The van der Waals surface area contributed by atoms with E-state index in [2.05, 4.69) is 12.2 Å². The molecule has 0 N–H and O–H groups in total. The van der Waals surface area contributed by atoms with Gasteiger partial charge >= 0.3 is 7.60 Å². The fraction of sp³-hybridized carbons (Fsp3) is 0.692. The number of ether oxygens (including phenoxy) is 1. The Morgan fingerprint density at radius 3 is 2.67 bits per heavy atom. The van der Waals surface area contributed by atoms with Crippen LogP contribution in [0.2, 0.25) is 0 Å². The summed E-state index contributed by atoms with van der Waals surface area (Å²) in [5, 5.41) is 0.665. The Kier molecular flexibility index (Phi) is 4.44. The number of hydrogen-bond donors (Lipinski definition) is 0. The summed E-state index contributed by atoms with van der Waals surface area (Å²) in [6.07, 6.45) is 9.23. The average molecular weight is 272 g/mol. The van der Waals surface area contributed by atoms with Crippen LogP contribution in [0.25, 0.3) is 0 Å². The van der Waals surface area contributed by atoms with E-state index in [-0.39, 0.29) is 5.60 Å². The van der Waals surface area contributed by atoms with Gasteiger partial charge in [0.05, 0.1) is 25.1 Å². The van der Waals surface area contributed by atoms with Gasteiger partial charge in [-0.3, -0.25) is 4.57 Å². The van der Waals surface area contributed by atoms with Crippen LogP contribution in [0.15, 0.2) is 23.5 Å². The van der Waals surface area contributed by atoms with Gasteiger partial charge in [0.1, 0.15) is 5.60 Å². The van der Waals surface area contributed by atoms with Gasteiger partial charge in [-0.15, -0.1) is 0 Å². The smallest absolute Gasteiger partial charge is 0.359 e. The second-order valence-electron chi connectivity index (χ2n) is 4.51. The summed E-state index contributed by atoms with van der Waals surface area (Å²) in [6.45, 7) is 4.72. The predicted molar refractivity (Wildman–Crippen MR) is 70.6 cm³/mol. The maximum absolute atomic E-state index is 12.6. The molecular formula is C13H21O4P. The zero-order valence-corrected chi connectivity index (χ0v) is 11.9. The summed E-state index contributed by atoms with van der Waals surface area (Å²) in [7, 11) is -3.16. The maximum atomic E-state index is 12.6. The first-order valence-corrected chi connectivity index (χ1v) is 8.11. The highest BCUT2D eigenvalue weighted by Gasteiger charge is 2.40. The Labute approximate surface area is 109 Å². The van der Waals surface area contributed by atoms with E-state index in [0.717, 1.165) is 19.3 Å². The third-order valence-electron chi connectivity index (χ3n) is 3.19. The molecular weight excluding hydrogens is 251 g/mol. The Balaban J connectivity index is 2.22. The zero-order chi connectivity index (χ0) is 13.1. The van der Waals surface area contributed by atoms with Gasteiger partial charge in [0.25, 0.3) is 0 Å². The minimum atomic E-state index is -3.16. The number of rotatable bonds is 5. The van der Waals surface area contributed by atoms with Crippen LogP contribution in [-0.2, 0) is 18.3 Å². The van der Waals surface area contributed by atoms with Crippen molar-refractivity contribution in [1.29, 1.82) is 0 Å². The first kappa shape index (κ1) is 14.0. The van der Waals surface area contributed by atoms with E-state index in [9.17, 15) is 4.57 Å². The third-order valence-corrected chi connectivity index (χ3v) is 5.35. The SMILES string of the molecule is CCOP(=O)(OCC)C1=CC2(C=CCCC2)OC1. The van der Waals surface area contributed by atoms with Gasteiger partial charge in [0, 0.05) is 0 Å². The molecule has 1 heterocycles. The highest BCUT2D eigenvalue weighted by molar-refractivity contribution is 7.58. The second-order valence-corrected chi connectivity index (χ2v) is 6.59. The lowest BCUT2D eigenvalue weighted by atomic mass is 9.91. The van der Waals surface area contributed by atoms with Crippen LogP contribution in [0.3, 0.4) is 0 Å². The molecule has 0 saturated carbocycles. The molecule has 1 aliphatic heterocycles. The molecule has 1 aliphatic carbocycles. The third kappa shape index (κ3) is 2.77. The standard InChI is InChI=1S/C13H21O4P/c1-3-16-18(14,17-4-2)12-10-13(15-11-12)8-6-5-7-9-13/h6,8,10H,3-5,7,9,11H2,1-2H3. The molecule has 0 aromatic carbocycles. The fourth-order valence-corrected chi connectivity index (χ4v) is 4.06. The minimum Gasteiger partial charge on any atom is -0.362 e. The quantitative estimate of drug-likeness (QED) is 0.566. The monoisotopic (exact) mass is 272 g/mol. The second kappa shape index (κ2) is 5.70. The molecule has 18 heavy (non-hydrogen) atoms. The van der Waals surface area contributed by atoms with E-state index in [1.54, 1.807) is 0 Å². The van der Waals surface area contributed by atoms with E-state index >= 15 is 0 Å². The molecule has 0 aromatic rings. The van der Waals surface area contributed by atoms with E-state index in [0.29, 0.717) is 25.1 Å². The molecule has 2 aliphatic rings. The topological polar surface area (TPSA) is 44.8 Å². The highest BCUT2D eigenvalue weighted by atomic mass is 31.2. The van der Waals surface area contributed by atoms with Crippen LogP contribution < -0.4 is 0 Å². The Bertz CT molecular complexity index is 392. The first-order valence-electron chi connectivity index (χ1n) is 6.57. The highest BCUT2D eigenvalue weighted by Crippen LogP contribution is 2.59. The van der Waals surface area contributed by atoms with E-state index in [4.69, 9.17) is 13.8 Å². The molecule has 0 radical (unpaired) electrons. The molecule has 0 amide bonds. The van der Waals surface area contributed by atoms with Crippen LogP contribution in [0.1, 0.15) is 33.1 Å². The molecule has 0 aromatic heterocycles. The maximum Gasteiger partial charge on any atom is 0.359 e. The summed E-state index contributed by atoms with van der Waals surface area (Å²) in [4.78, 5) is 0. The van der Waals surface area contributed by atoms with Crippen molar-refractivity contribution in [3.05, 3.63) is 23.5 Å². The fourth-order valence-electron chi connectivity index (χ4n) is 2.38. The van der Waals surface area contributed by atoms with Crippen LogP contribution in [0.4, 0.5) is 0 Å². The van der Waals surface area contributed by atoms with Gasteiger partial charge < -0.3 is 13.8 Å². The molecule has 1 atom stereocenters. The predicted octanol–water partition coefficient (Wildman–Crippen LogP) is 3.65. The molecule has 1 unspecified atom stereocenters. The lowest BCUT2D eigenvalue weighted by molar-refractivity contribution is 0.0522. The molecule has 4 nitrogen and oxygen atoms in total. The largest absolute Gasteiger partial charge is 0.362 e. The summed E-state index contributed by atoms with van der Waals surface area (Å²) in [5.74, 6) is 0. The van der Waals surface area contributed by atoms with Gasteiger partial charge in [-0.05, 0) is 39.2 Å².